The van der Waals surface area contributed by atoms with Crippen LogP contribution in [0.2, 0.25) is 0 Å². The lowest BCUT2D eigenvalue weighted by atomic mass is 10.1. The van der Waals surface area contributed by atoms with Gasteiger partial charge < -0.3 is 14.4 Å². The Morgan fingerprint density at radius 3 is 2.90 bits per heavy atom. The van der Waals surface area contributed by atoms with Crippen molar-refractivity contribution in [1.29, 1.82) is 0 Å². The third-order valence-electron chi connectivity index (χ3n) is 4.75. The Morgan fingerprint density at radius 1 is 1.38 bits per heavy atom. The lowest BCUT2D eigenvalue weighted by Crippen LogP contribution is -2.41. The number of hydrogen-bond donors (Lipinski definition) is 0. The highest BCUT2D eigenvalue weighted by atomic mass is 16.6. The topological polar surface area (TPSA) is 38.8 Å². The summed E-state index contributed by atoms with van der Waals surface area (Å²) in [6.45, 7) is 4.64. The van der Waals surface area contributed by atoms with Crippen LogP contribution in [0.1, 0.15) is 31.7 Å². The van der Waals surface area contributed by atoms with Gasteiger partial charge in [0.2, 0.25) is 0 Å². The van der Waals surface area contributed by atoms with Crippen molar-refractivity contribution in [3.8, 4) is 0 Å². The quantitative estimate of drug-likeness (QED) is 0.755. The number of ether oxygens (including phenoxy) is 2. The van der Waals surface area contributed by atoms with Gasteiger partial charge in [0.15, 0.2) is 0 Å². The molecule has 1 saturated heterocycles. The number of likely N-dealkylation sites (tertiary alicyclic amines) is 1. The van der Waals surface area contributed by atoms with E-state index in [1.807, 2.05) is 42.2 Å². The Bertz CT molecular complexity index is 490. The van der Waals surface area contributed by atoms with Gasteiger partial charge in [0, 0.05) is 19.8 Å². The fraction of sp³-hybridized carbons (Fsp3) is 0.588. The maximum Gasteiger partial charge on any atom is 0.410 e. The zero-order chi connectivity index (χ0) is 14.7. The van der Waals surface area contributed by atoms with Crippen LogP contribution in [0.25, 0.3) is 0 Å². The predicted octanol–water partition coefficient (Wildman–Crippen LogP) is 3.21. The largest absolute Gasteiger partial charge is 0.445 e. The SMILES string of the molecule is CCOCC[C@]12C[C@H]1CCN2C(=O)OCc1ccccc1. The average molecular weight is 289 g/mol. The van der Waals surface area contributed by atoms with Gasteiger partial charge >= 0.3 is 6.09 Å². The summed E-state index contributed by atoms with van der Waals surface area (Å²) in [5.74, 6) is 0.655. The normalized spacial score (nSPS) is 26.5. The molecule has 0 bridgehead atoms. The molecule has 2 fully saturated rings. The molecule has 1 aliphatic carbocycles. The van der Waals surface area contributed by atoms with E-state index in [1.165, 1.54) is 0 Å². The molecule has 21 heavy (non-hydrogen) atoms. The highest BCUT2D eigenvalue weighted by molar-refractivity contribution is 5.70. The lowest BCUT2D eigenvalue weighted by molar-refractivity contribution is 0.0678. The molecule has 3 rings (SSSR count). The van der Waals surface area contributed by atoms with E-state index >= 15 is 0 Å². The first-order chi connectivity index (χ1) is 10.3. The van der Waals surface area contributed by atoms with Gasteiger partial charge in [0.05, 0.1) is 5.54 Å². The third-order valence-corrected chi connectivity index (χ3v) is 4.75. The molecule has 114 valence electrons. The summed E-state index contributed by atoms with van der Waals surface area (Å²) < 4.78 is 11.0. The first-order valence-corrected chi connectivity index (χ1v) is 7.82. The van der Waals surface area contributed by atoms with Crippen LogP contribution < -0.4 is 0 Å². The van der Waals surface area contributed by atoms with E-state index in [-0.39, 0.29) is 11.6 Å². The number of fused-ring (bicyclic) bond motifs is 1. The molecule has 4 nitrogen and oxygen atoms in total. The maximum atomic E-state index is 12.4. The highest BCUT2D eigenvalue weighted by Crippen LogP contribution is 2.57. The molecule has 0 radical (unpaired) electrons. The second-order valence-corrected chi connectivity index (χ2v) is 5.93. The molecule has 0 N–H and O–H groups in total. The number of nitrogens with zero attached hydrogens (tertiary/aromatic N) is 1. The van der Waals surface area contributed by atoms with Crippen molar-refractivity contribution in [2.75, 3.05) is 19.8 Å². The molecule has 2 aliphatic rings. The molecule has 1 aliphatic heterocycles. The molecule has 1 heterocycles. The lowest BCUT2D eigenvalue weighted by Gasteiger charge is -2.27. The summed E-state index contributed by atoms with van der Waals surface area (Å²) in [6, 6.07) is 9.83. The maximum absolute atomic E-state index is 12.4. The van der Waals surface area contributed by atoms with Gasteiger partial charge in [-0.05, 0) is 37.7 Å². The van der Waals surface area contributed by atoms with Gasteiger partial charge in [0.1, 0.15) is 6.61 Å². The van der Waals surface area contributed by atoms with Gasteiger partial charge in [-0.2, -0.15) is 0 Å². The molecule has 2 atom stereocenters. The standard InChI is InChI=1S/C17H23NO3/c1-2-20-11-9-17-12-15(17)8-10-18(17)16(19)21-13-14-6-4-3-5-7-14/h3-7,15H,2,8-13H2,1H3/t15-,17+/m1/s1. The Balaban J connectivity index is 1.54. The van der Waals surface area contributed by atoms with Crippen molar-refractivity contribution < 1.29 is 14.3 Å². The number of benzene rings is 1. The van der Waals surface area contributed by atoms with Crippen molar-refractivity contribution >= 4 is 6.09 Å². The summed E-state index contributed by atoms with van der Waals surface area (Å²) >= 11 is 0. The van der Waals surface area contributed by atoms with Crippen molar-refractivity contribution in [2.24, 2.45) is 5.92 Å². The molecule has 1 aromatic rings. The number of carbonyl (C=O) groups excluding carboxylic acids is 1. The van der Waals surface area contributed by atoms with Gasteiger partial charge in [-0.3, -0.25) is 0 Å². The molecule has 1 saturated carbocycles. The van der Waals surface area contributed by atoms with Crippen molar-refractivity contribution in [3.05, 3.63) is 35.9 Å². The van der Waals surface area contributed by atoms with Crippen LogP contribution in [0.4, 0.5) is 4.79 Å². The monoisotopic (exact) mass is 289 g/mol. The minimum absolute atomic E-state index is 0.0307. The van der Waals surface area contributed by atoms with Gasteiger partial charge in [-0.25, -0.2) is 4.79 Å². The van der Waals surface area contributed by atoms with Crippen molar-refractivity contribution in [2.45, 2.75) is 38.3 Å². The van der Waals surface area contributed by atoms with Crippen LogP contribution in [-0.4, -0.2) is 36.3 Å². The van der Waals surface area contributed by atoms with Crippen LogP contribution in [0, 0.1) is 5.92 Å². The number of rotatable bonds is 6. The zero-order valence-corrected chi connectivity index (χ0v) is 12.6. The van der Waals surface area contributed by atoms with E-state index in [2.05, 4.69) is 0 Å². The van der Waals surface area contributed by atoms with Crippen LogP contribution in [0.15, 0.2) is 30.3 Å². The summed E-state index contributed by atoms with van der Waals surface area (Å²) in [5, 5.41) is 0. The van der Waals surface area contributed by atoms with Gasteiger partial charge in [-0.1, -0.05) is 30.3 Å². The number of carbonyl (C=O) groups is 1. The van der Waals surface area contributed by atoms with Crippen molar-refractivity contribution in [3.63, 3.8) is 0 Å². The first-order valence-electron chi connectivity index (χ1n) is 7.82. The second kappa shape index (κ2) is 6.06. The minimum atomic E-state index is -0.171. The van der Waals surface area contributed by atoms with E-state index in [0.29, 0.717) is 12.5 Å². The molecule has 1 amide bonds. The Labute approximate surface area is 126 Å². The Morgan fingerprint density at radius 2 is 2.19 bits per heavy atom. The predicted molar refractivity (Wildman–Crippen MR) is 79.9 cm³/mol. The fourth-order valence-corrected chi connectivity index (χ4v) is 3.48. The molecular formula is C17H23NO3. The summed E-state index contributed by atoms with van der Waals surface area (Å²) in [4.78, 5) is 14.3. The summed E-state index contributed by atoms with van der Waals surface area (Å²) in [7, 11) is 0. The molecule has 0 spiro atoms. The smallest absolute Gasteiger partial charge is 0.410 e. The molecule has 4 heteroatoms. The van der Waals surface area contributed by atoms with Crippen LogP contribution in [0.3, 0.4) is 0 Å². The summed E-state index contributed by atoms with van der Waals surface area (Å²) in [5.41, 5.74) is 1.06. The van der Waals surface area contributed by atoms with E-state index in [1.54, 1.807) is 0 Å². The molecular weight excluding hydrogens is 266 g/mol. The number of amides is 1. The molecule has 0 aromatic heterocycles. The third kappa shape index (κ3) is 2.91. The van der Waals surface area contributed by atoms with Crippen LogP contribution >= 0.6 is 0 Å². The Hall–Kier alpha value is -1.55. The van der Waals surface area contributed by atoms with E-state index < -0.39 is 0 Å². The molecule has 0 unspecified atom stereocenters. The summed E-state index contributed by atoms with van der Waals surface area (Å²) in [6.07, 6.45) is 2.98. The molecule has 1 aromatic carbocycles. The van der Waals surface area contributed by atoms with E-state index in [4.69, 9.17) is 9.47 Å². The van der Waals surface area contributed by atoms with E-state index in [0.717, 1.165) is 44.6 Å². The van der Waals surface area contributed by atoms with E-state index in [9.17, 15) is 4.79 Å². The highest BCUT2D eigenvalue weighted by Gasteiger charge is 2.63. The Kier molecular flexibility index (Phi) is 4.15. The average Bonchev–Trinajstić information content (AvgIpc) is 3.10. The van der Waals surface area contributed by atoms with Crippen LogP contribution in [-0.2, 0) is 16.1 Å². The van der Waals surface area contributed by atoms with Crippen LogP contribution in [0.5, 0.6) is 0 Å². The zero-order valence-electron chi connectivity index (χ0n) is 12.6. The number of hydrogen-bond acceptors (Lipinski definition) is 3. The first kappa shape index (κ1) is 14.4. The number of piperidine rings is 1. The minimum Gasteiger partial charge on any atom is -0.445 e. The van der Waals surface area contributed by atoms with Gasteiger partial charge in [-0.15, -0.1) is 0 Å². The van der Waals surface area contributed by atoms with Crippen molar-refractivity contribution in [1.82, 2.24) is 4.90 Å². The second-order valence-electron chi connectivity index (χ2n) is 5.93. The fourth-order valence-electron chi connectivity index (χ4n) is 3.48. The van der Waals surface area contributed by atoms with Gasteiger partial charge in [0.25, 0.3) is 0 Å².